The number of ether oxygens (including phenoxy) is 1. The Morgan fingerprint density at radius 2 is 1.82 bits per heavy atom. The van der Waals surface area contributed by atoms with Crippen molar-refractivity contribution in [3.05, 3.63) is 63.8 Å². The third-order valence-electron chi connectivity index (χ3n) is 7.12. The van der Waals surface area contributed by atoms with Crippen molar-refractivity contribution in [2.45, 2.75) is 59.2 Å². The summed E-state index contributed by atoms with van der Waals surface area (Å²) in [5.74, 6) is -1.43. The quantitative estimate of drug-likeness (QED) is 0.214. The highest BCUT2D eigenvalue weighted by Gasteiger charge is 2.30. The van der Waals surface area contributed by atoms with Crippen LogP contribution >= 0.6 is 23.2 Å². The van der Waals surface area contributed by atoms with E-state index in [-0.39, 0.29) is 40.5 Å². The predicted molar refractivity (Wildman–Crippen MR) is 169 cm³/mol. The molecule has 10 nitrogen and oxygen atoms in total. The molecule has 0 saturated carbocycles. The first-order chi connectivity index (χ1) is 21.3. The van der Waals surface area contributed by atoms with Gasteiger partial charge < -0.3 is 24.8 Å². The first-order valence-corrected chi connectivity index (χ1v) is 15.2. The van der Waals surface area contributed by atoms with Crippen LogP contribution in [0.4, 0.5) is 25.2 Å². The summed E-state index contributed by atoms with van der Waals surface area (Å²) in [6.45, 7) is 8.51. The van der Waals surface area contributed by atoms with Crippen LogP contribution < -0.4 is 10.6 Å². The highest BCUT2D eigenvalue weighted by Crippen LogP contribution is 2.39. The van der Waals surface area contributed by atoms with Gasteiger partial charge in [0.2, 0.25) is 11.9 Å². The Hall–Kier alpha value is -4.03. The van der Waals surface area contributed by atoms with Crippen molar-refractivity contribution in [1.82, 2.24) is 24.4 Å². The van der Waals surface area contributed by atoms with E-state index in [1.807, 2.05) is 25.3 Å². The first-order valence-electron chi connectivity index (χ1n) is 14.4. The number of hydrogen-bond donors (Lipinski definition) is 2. The highest BCUT2D eigenvalue weighted by atomic mass is 35.5. The fourth-order valence-corrected chi connectivity index (χ4v) is 5.88. The summed E-state index contributed by atoms with van der Waals surface area (Å²) in [7, 11) is 0. The molecule has 4 aromatic rings. The monoisotopic (exact) mass is 659 g/mol. The van der Waals surface area contributed by atoms with Gasteiger partial charge in [0.1, 0.15) is 16.9 Å². The number of hydrogen-bond acceptors (Lipinski definition) is 7. The van der Waals surface area contributed by atoms with Gasteiger partial charge in [0.25, 0.3) is 0 Å². The van der Waals surface area contributed by atoms with E-state index in [1.165, 1.54) is 13.0 Å². The van der Waals surface area contributed by atoms with E-state index < -0.39 is 17.2 Å². The van der Waals surface area contributed by atoms with E-state index in [1.54, 1.807) is 23.2 Å². The number of nitrogens with zero attached hydrogens (tertiary/aromatic N) is 5. The summed E-state index contributed by atoms with van der Waals surface area (Å²) >= 11 is 13.5. The third-order valence-corrected chi connectivity index (χ3v) is 7.72. The van der Waals surface area contributed by atoms with Gasteiger partial charge in [-0.3, -0.25) is 4.79 Å². The molecule has 2 aromatic heterocycles. The first kappa shape index (κ1) is 32.4. The molecule has 1 fully saturated rings. The summed E-state index contributed by atoms with van der Waals surface area (Å²) in [6, 6.07) is 6.84. The van der Waals surface area contributed by atoms with Crippen molar-refractivity contribution >= 4 is 58.0 Å². The molecule has 1 aliphatic rings. The Bertz CT molecular complexity index is 1740. The normalized spacial score (nSPS) is 15.3. The fraction of sp³-hybridized carbons (Fsp3) is 0.387. The second-order valence-corrected chi connectivity index (χ2v) is 12.8. The van der Waals surface area contributed by atoms with Gasteiger partial charge in [-0.05, 0) is 69.4 Å². The van der Waals surface area contributed by atoms with Crippen molar-refractivity contribution < 1.29 is 23.1 Å². The Balaban J connectivity index is 1.51. The lowest BCUT2D eigenvalue weighted by Crippen LogP contribution is -2.43. The lowest BCUT2D eigenvalue weighted by atomic mass is 9.98. The van der Waals surface area contributed by atoms with Crippen molar-refractivity contribution in [3.63, 3.8) is 0 Å². The zero-order chi connectivity index (χ0) is 32.5. The number of amides is 2. The Labute approximate surface area is 269 Å². The second kappa shape index (κ2) is 13.1. The Morgan fingerprint density at radius 1 is 1.09 bits per heavy atom. The minimum Gasteiger partial charge on any atom is -0.444 e. The zero-order valence-electron chi connectivity index (χ0n) is 25.3. The Kier molecular flexibility index (Phi) is 9.45. The van der Waals surface area contributed by atoms with Crippen LogP contribution in [0, 0.1) is 17.6 Å². The highest BCUT2D eigenvalue weighted by molar-refractivity contribution is 6.39. The molecular weight excluding hydrogens is 627 g/mol. The molecule has 1 atom stereocenters. The van der Waals surface area contributed by atoms with Crippen LogP contribution in [0.15, 0.2) is 36.5 Å². The molecule has 0 aliphatic carbocycles. The molecule has 0 radical (unpaired) electrons. The van der Waals surface area contributed by atoms with E-state index in [2.05, 4.69) is 15.6 Å². The molecule has 0 bridgehead atoms. The number of rotatable bonds is 7. The molecule has 14 heteroatoms. The molecule has 2 N–H and O–H groups in total. The van der Waals surface area contributed by atoms with E-state index in [9.17, 15) is 18.4 Å². The molecule has 45 heavy (non-hydrogen) atoms. The predicted octanol–water partition coefficient (Wildman–Crippen LogP) is 7.30. The average molecular weight is 661 g/mol. The molecule has 238 valence electrons. The van der Waals surface area contributed by atoms with Crippen LogP contribution in [0.1, 0.15) is 46.1 Å². The summed E-state index contributed by atoms with van der Waals surface area (Å²) in [6.07, 6.45) is 2.81. The van der Waals surface area contributed by atoms with E-state index in [0.29, 0.717) is 53.4 Å². The number of fused-ring (bicyclic) bond motifs is 1. The maximum Gasteiger partial charge on any atom is 0.410 e. The van der Waals surface area contributed by atoms with Crippen LogP contribution in [-0.4, -0.2) is 55.1 Å². The van der Waals surface area contributed by atoms with Crippen molar-refractivity contribution in [1.29, 1.82) is 0 Å². The molecule has 2 amide bonds. The number of halogens is 4. The molecule has 3 heterocycles. The second-order valence-electron chi connectivity index (χ2n) is 12.0. The molecule has 5 rings (SSSR count). The summed E-state index contributed by atoms with van der Waals surface area (Å²) in [5.41, 5.74) is 1.74. The lowest BCUT2D eigenvalue weighted by molar-refractivity contribution is -0.114. The Morgan fingerprint density at radius 3 is 2.49 bits per heavy atom. The number of imidazole rings is 1. The van der Waals surface area contributed by atoms with Gasteiger partial charge >= 0.3 is 6.09 Å². The van der Waals surface area contributed by atoms with Gasteiger partial charge in [0.15, 0.2) is 17.3 Å². The fourth-order valence-electron chi connectivity index (χ4n) is 5.23. The van der Waals surface area contributed by atoms with Crippen molar-refractivity contribution in [3.8, 4) is 11.4 Å². The molecule has 1 saturated heterocycles. The van der Waals surface area contributed by atoms with Crippen LogP contribution in [0.25, 0.3) is 22.6 Å². The standard InChI is InChI=1S/C31H33Cl2F2N7O3/c1-17(43)38-20-11-21(32)26(22(33)12-20)28-39-25-14-37-29(36-13-18-7-8-23(34)24(35)10-18)40-27(25)42(28)16-19-6-5-9-41(15-19)30(44)45-31(2,3)4/h7-8,10-12,14,19H,5-6,9,13,15-16H2,1-4H3,(H,38,43)(H,36,37,40)/t19-/m1/s1. The summed E-state index contributed by atoms with van der Waals surface area (Å²) in [4.78, 5) is 40.1. The van der Waals surface area contributed by atoms with Crippen LogP contribution in [-0.2, 0) is 22.6 Å². The molecular formula is C31H33Cl2F2N7O3. The van der Waals surface area contributed by atoms with Crippen LogP contribution in [0.5, 0.6) is 0 Å². The van der Waals surface area contributed by atoms with Crippen LogP contribution in [0.2, 0.25) is 10.0 Å². The summed E-state index contributed by atoms with van der Waals surface area (Å²) < 4.78 is 34.7. The number of aromatic nitrogens is 4. The number of likely N-dealkylation sites (tertiary alicyclic amines) is 1. The maximum absolute atomic E-state index is 13.7. The number of anilines is 2. The van der Waals surface area contributed by atoms with E-state index in [4.69, 9.17) is 37.9 Å². The van der Waals surface area contributed by atoms with Crippen molar-refractivity contribution in [2.24, 2.45) is 5.92 Å². The number of benzene rings is 2. The largest absolute Gasteiger partial charge is 0.444 e. The minimum atomic E-state index is -0.945. The number of carbonyl (C=O) groups is 2. The smallest absolute Gasteiger partial charge is 0.410 e. The number of nitrogens with one attached hydrogen (secondary N) is 2. The van der Waals surface area contributed by atoms with Gasteiger partial charge in [-0.2, -0.15) is 4.98 Å². The van der Waals surface area contributed by atoms with Gasteiger partial charge in [0.05, 0.1) is 21.8 Å². The van der Waals surface area contributed by atoms with Crippen LogP contribution in [0.3, 0.4) is 0 Å². The molecule has 1 aliphatic heterocycles. The zero-order valence-corrected chi connectivity index (χ0v) is 26.8. The van der Waals surface area contributed by atoms with Gasteiger partial charge in [-0.25, -0.2) is 23.5 Å². The SMILES string of the molecule is CC(=O)Nc1cc(Cl)c(-c2nc3cnc(NCc4ccc(F)c(F)c4)nc3n2C[C@@H]2CCCN(C(=O)OC(C)(C)C)C2)c(Cl)c1. The lowest BCUT2D eigenvalue weighted by Gasteiger charge is -2.34. The molecule has 0 unspecified atom stereocenters. The van der Waals surface area contributed by atoms with E-state index in [0.717, 1.165) is 25.0 Å². The topological polar surface area (TPSA) is 114 Å². The maximum atomic E-state index is 13.7. The number of piperidine rings is 1. The van der Waals surface area contributed by atoms with Gasteiger partial charge in [-0.15, -0.1) is 0 Å². The van der Waals surface area contributed by atoms with Gasteiger partial charge in [0, 0.05) is 38.8 Å². The third kappa shape index (κ3) is 7.80. The molecule has 2 aromatic carbocycles. The van der Waals surface area contributed by atoms with E-state index >= 15 is 0 Å². The van der Waals surface area contributed by atoms with Crippen molar-refractivity contribution in [2.75, 3.05) is 23.7 Å². The van der Waals surface area contributed by atoms with Gasteiger partial charge in [-0.1, -0.05) is 29.3 Å². The summed E-state index contributed by atoms with van der Waals surface area (Å²) in [5, 5.41) is 6.28. The minimum absolute atomic E-state index is 0.0205. The number of carbonyl (C=O) groups excluding carboxylic acids is 2. The molecule has 0 spiro atoms. The average Bonchev–Trinajstić information content (AvgIpc) is 3.29.